The summed E-state index contributed by atoms with van der Waals surface area (Å²) < 4.78 is 16.9. The van der Waals surface area contributed by atoms with Gasteiger partial charge >= 0.3 is 5.63 Å². The molecule has 0 saturated heterocycles. The van der Waals surface area contributed by atoms with E-state index in [1.807, 2.05) is 38.1 Å². The number of methoxy groups -OCH3 is 1. The van der Waals surface area contributed by atoms with Gasteiger partial charge in [0.05, 0.1) is 12.5 Å². The Kier molecular flexibility index (Phi) is 2.57. The van der Waals surface area contributed by atoms with Crippen LogP contribution in [0.5, 0.6) is 5.75 Å². The molecule has 110 valence electrons. The summed E-state index contributed by atoms with van der Waals surface area (Å²) in [4.78, 5) is 12.5. The van der Waals surface area contributed by atoms with E-state index in [0.29, 0.717) is 22.1 Å². The molecule has 2 heterocycles. The molecule has 4 heteroatoms. The summed E-state index contributed by atoms with van der Waals surface area (Å²) in [5, 5.41) is 2.05. The molecule has 2 aromatic heterocycles. The van der Waals surface area contributed by atoms with Crippen molar-refractivity contribution in [1.29, 1.82) is 0 Å². The number of furan rings is 1. The predicted molar refractivity (Wildman–Crippen MR) is 85.8 cm³/mol. The van der Waals surface area contributed by atoms with Crippen molar-refractivity contribution < 1.29 is 13.6 Å². The Morgan fingerprint density at radius 1 is 1.00 bits per heavy atom. The van der Waals surface area contributed by atoms with Crippen LogP contribution in [0.15, 0.2) is 44.0 Å². The topological polar surface area (TPSA) is 52.6 Å². The van der Waals surface area contributed by atoms with Crippen molar-refractivity contribution in [2.75, 3.05) is 7.11 Å². The zero-order valence-electron chi connectivity index (χ0n) is 12.5. The van der Waals surface area contributed by atoms with Crippen LogP contribution in [-0.2, 0) is 0 Å². The first-order valence-electron chi connectivity index (χ1n) is 7.04. The molecule has 0 aliphatic rings. The first-order valence-corrected chi connectivity index (χ1v) is 7.04. The standard InChI is InChI=1S/C18H14O4/c1-9-8-13(20-3)10(2)14-15-17(22-16(9)14)11-6-4-5-7-12(11)21-18(15)19/h4-8H,1-3H3. The Balaban J connectivity index is 2.36. The first kappa shape index (κ1) is 13.0. The zero-order chi connectivity index (χ0) is 15.4. The highest BCUT2D eigenvalue weighted by atomic mass is 16.5. The van der Waals surface area contributed by atoms with E-state index in [-0.39, 0.29) is 5.63 Å². The molecule has 0 radical (unpaired) electrons. The number of hydrogen-bond donors (Lipinski definition) is 0. The fourth-order valence-electron chi connectivity index (χ4n) is 3.05. The van der Waals surface area contributed by atoms with Gasteiger partial charge in [0.15, 0.2) is 5.58 Å². The zero-order valence-corrected chi connectivity index (χ0v) is 12.5. The number of hydrogen-bond acceptors (Lipinski definition) is 4. The number of para-hydroxylation sites is 1. The summed E-state index contributed by atoms with van der Waals surface area (Å²) in [5.41, 5.74) is 3.23. The lowest BCUT2D eigenvalue weighted by molar-refractivity contribution is 0.412. The summed E-state index contributed by atoms with van der Waals surface area (Å²) in [5.74, 6) is 0.736. The van der Waals surface area contributed by atoms with E-state index in [4.69, 9.17) is 13.6 Å². The van der Waals surface area contributed by atoms with Gasteiger partial charge in [-0.2, -0.15) is 0 Å². The molecule has 0 atom stereocenters. The van der Waals surface area contributed by atoms with Crippen molar-refractivity contribution in [2.45, 2.75) is 13.8 Å². The number of fused-ring (bicyclic) bond motifs is 5. The largest absolute Gasteiger partial charge is 0.496 e. The number of aryl methyl sites for hydroxylation is 2. The Morgan fingerprint density at radius 2 is 1.77 bits per heavy atom. The summed E-state index contributed by atoms with van der Waals surface area (Å²) in [6, 6.07) is 9.31. The van der Waals surface area contributed by atoms with Gasteiger partial charge in [0.25, 0.3) is 0 Å². The molecule has 0 bridgehead atoms. The normalized spacial score (nSPS) is 11.6. The van der Waals surface area contributed by atoms with Gasteiger partial charge in [-0.05, 0) is 37.6 Å². The van der Waals surface area contributed by atoms with Crippen LogP contribution < -0.4 is 10.4 Å². The second-order valence-electron chi connectivity index (χ2n) is 5.42. The molecular weight excluding hydrogens is 280 g/mol. The Labute approximate surface area is 125 Å². The van der Waals surface area contributed by atoms with E-state index in [0.717, 1.165) is 27.6 Å². The number of rotatable bonds is 1. The average Bonchev–Trinajstić information content (AvgIpc) is 2.93. The maximum Gasteiger partial charge on any atom is 0.348 e. The molecule has 2 aromatic carbocycles. The Hall–Kier alpha value is -2.75. The number of ether oxygens (including phenoxy) is 1. The maximum absolute atomic E-state index is 12.5. The van der Waals surface area contributed by atoms with E-state index in [2.05, 4.69) is 0 Å². The molecule has 0 N–H and O–H groups in total. The van der Waals surface area contributed by atoms with Crippen LogP contribution in [0.4, 0.5) is 0 Å². The van der Waals surface area contributed by atoms with Gasteiger partial charge in [0.2, 0.25) is 0 Å². The lowest BCUT2D eigenvalue weighted by atomic mass is 10.0. The molecular formula is C18H14O4. The lowest BCUT2D eigenvalue weighted by Gasteiger charge is -2.06. The third kappa shape index (κ3) is 1.55. The molecule has 0 fully saturated rings. The molecule has 0 spiro atoms. The molecule has 4 nitrogen and oxygen atoms in total. The second kappa shape index (κ2) is 4.37. The predicted octanol–water partition coefficient (Wildman–Crippen LogP) is 4.32. The molecule has 4 aromatic rings. The molecule has 22 heavy (non-hydrogen) atoms. The lowest BCUT2D eigenvalue weighted by Crippen LogP contribution is -1.99. The fourth-order valence-corrected chi connectivity index (χ4v) is 3.05. The highest BCUT2D eigenvalue weighted by molar-refractivity contribution is 6.14. The van der Waals surface area contributed by atoms with E-state index < -0.39 is 0 Å². The minimum absolute atomic E-state index is 0.386. The quantitative estimate of drug-likeness (QED) is 0.491. The van der Waals surface area contributed by atoms with Crippen LogP contribution in [0.3, 0.4) is 0 Å². The second-order valence-corrected chi connectivity index (χ2v) is 5.42. The van der Waals surface area contributed by atoms with E-state index >= 15 is 0 Å². The minimum atomic E-state index is -0.386. The molecule has 0 aliphatic heterocycles. The maximum atomic E-state index is 12.5. The highest BCUT2D eigenvalue weighted by Gasteiger charge is 2.20. The Morgan fingerprint density at radius 3 is 2.55 bits per heavy atom. The van der Waals surface area contributed by atoms with Gasteiger partial charge in [-0.15, -0.1) is 0 Å². The monoisotopic (exact) mass is 294 g/mol. The Bertz CT molecular complexity index is 1100. The highest BCUT2D eigenvalue weighted by Crippen LogP contribution is 2.38. The minimum Gasteiger partial charge on any atom is -0.496 e. The summed E-state index contributed by atoms with van der Waals surface area (Å²) in [7, 11) is 1.62. The SMILES string of the molecule is COc1cc(C)c2oc3c4ccccc4oc(=O)c3c2c1C. The average molecular weight is 294 g/mol. The molecule has 0 saturated carbocycles. The van der Waals surface area contributed by atoms with Crippen LogP contribution in [0.2, 0.25) is 0 Å². The molecule has 4 rings (SSSR count). The van der Waals surface area contributed by atoms with Gasteiger partial charge < -0.3 is 13.6 Å². The van der Waals surface area contributed by atoms with E-state index in [9.17, 15) is 4.79 Å². The van der Waals surface area contributed by atoms with Gasteiger partial charge in [-0.1, -0.05) is 12.1 Å². The summed E-state index contributed by atoms with van der Waals surface area (Å²) >= 11 is 0. The number of benzene rings is 2. The van der Waals surface area contributed by atoms with Gasteiger partial charge in [-0.25, -0.2) is 4.79 Å². The van der Waals surface area contributed by atoms with Crippen LogP contribution in [-0.4, -0.2) is 7.11 Å². The van der Waals surface area contributed by atoms with E-state index in [1.165, 1.54) is 0 Å². The van der Waals surface area contributed by atoms with Crippen LogP contribution in [0, 0.1) is 13.8 Å². The van der Waals surface area contributed by atoms with Crippen molar-refractivity contribution in [2.24, 2.45) is 0 Å². The van der Waals surface area contributed by atoms with Crippen LogP contribution >= 0.6 is 0 Å². The summed E-state index contributed by atoms with van der Waals surface area (Å²) in [6.07, 6.45) is 0. The van der Waals surface area contributed by atoms with Crippen LogP contribution in [0.25, 0.3) is 32.9 Å². The van der Waals surface area contributed by atoms with Gasteiger partial charge in [-0.3, -0.25) is 0 Å². The first-order chi connectivity index (χ1) is 10.6. The molecule has 0 unspecified atom stereocenters. The third-order valence-corrected chi connectivity index (χ3v) is 4.12. The van der Waals surface area contributed by atoms with Gasteiger partial charge in [0.1, 0.15) is 22.3 Å². The van der Waals surface area contributed by atoms with Crippen molar-refractivity contribution in [3.8, 4) is 5.75 Å². The van der Waals surface area contributed by atoms with Crippen molar-refractivity contribution in [1.82, 2.24) is 0 Å². The van der Waals surface area contributed by atoms with Gasteiger partial charge in [0, 0.05) is 10.9 Å². The van der Waals surface area contributed by atoms with Crippen LogP contribution in [0.1, 0.15) is 11.1 Å². The summed E-state index contributed by atoms with van der Waals surface area (Å²) in [6.45, 7) is 3.86. The molecule has 0 aliphatic carbocycles. The fraction of sp³-hybridized carbons (Fsp3) is 0.167. The third-order valence-electron chi connectivity index (χ3n) is 4.12. The van der Waals surface area contributed by atoms with E-state index in [1.54, 1.807) is 13.2 Å². The molecule has 0 amide bonds. The van der Waals surface area contributed by atoms with Crippen molar-refractivity contribution >= 4 is 32.9 Å². The smallest absolute Gasteiger partial charge is 0.348 e. The van der Waals surface area contributed by atoms with Crippen molar-refractivity contribution in [3.05, 3.63) is 51.9 Å². The van der Waals surface area contributed by atoms with Crippen molar-refractivity contribution in [3.63, 3.8) is 0 Å².